The molecule has 2 aromatic rings. The van der Waals surface area contributed by atoms with Gasteiger partial charge in [-0.3, -0.25) is 0 Å². The van der Waals surface area contributed by atoms with E-state index in [0.717, 1.165) is 50.5 Å². The molecule has 1 aromatic heterocycles. The van der Waals surface area contributed by atoms with E-state index in [4.69, 9.17) is 23.4 Å². The van der Waals surface area contributed by atoms with E-state index in [9.17, 15) is 14.4 Å². The third kappa shape index (κ3) is 6.73. The van der Waals surface area contributed by atoms with E-state index >= 15 is 0 Å². The van der Waals surface area contributed by atoms with Gasteiger partial charge in [-0.05, 0) is 44.1 Å². The molecule has 1 aliphatic carbocycles. The van der Waals surface area contributed by atoms with E-state index < -0.39 is 11.9 Å². The highest BCUT2D eigenvalue weighted by Crippen LogP contribution is 2.36. The second kappa shape index (κ2) is 12.3. The number of unbranched alkanes of at least 4 members (excludes halogenated alkanes) is 2. The summed E-state index contributed by atoms with van der Waals surface area (Å²) < 4.78 is 27.2. The smallest absolute Gasteiger partial charge is 0.344 e. The number of hydrogen-bond donors (Lipinski definition) is 0. The van der Waals surface area contributed by atoms with Crippen LogP contribution in [-0.2, 0) is 31.9 Å². The maximum Gasteiger partial charge on any atom is 0.344 e. The summed E-state index contributed by atoms with van der Waals surface area (Å²) in [4.78, 5) is 36.5. The molecule has 0 N–H and O–H groups in total. The maximum absolute atomic E-state index is 12.5. The number of aryl methyl sites for hydroxylation is 1. The van der Waals surface area contributed by atoms with Crippen LogP contribution in [0.3, 0.4) is 0 Å². The van der Waals surface area contributed by atoms with Crippen molar-refractivity contribution in [2.75, 3.05) is 26.4 Å². The predicted octanol–water partition coefficient (Wildman–Crippen LogP) is 4.12. The Morgan fingerprint density at radius 3 is 2.12 bits per heavy atom. The second-order valence-corrected chi connectivity index (χ2v) is 8.07. The van der Waals surface area contributed by atoms with E-state index in [0.29, 0.717) is 41.9 Å². The molecule has 0 fully saturated rings. The van der Waals surface area contributed by atoms with Crippen LogP contribution in [0.5, 0.6) is 11.5 Å². The van der Waals surface area contributed by atoms with E-state index in [1.165, 1.54) is 0 Å². The van der Waals surface area contributed by atoms with Crippen molar-refractivity contribution in [1.29, 1.82) is 0 Å². The Labute approximate surface area is 193 Å². The molecular weight excluding hydrogens is 428 g/mol. The molecule has 1 aromatic carbocycles. The summed E-state index contributed by atoms with van der Waals surface area (Å²) in [7, 11) is 0. The Kier molecular flexibility index (Phi) is 9.15. The third-order valence-electron chi connectivity index (χ3n) is 5.48. The molecule has 1 heterocycles. The lowest BCUT2D eigenvalue weighted by Gasteiger charge is -2.19. The van der Waals surface area contributed by atoms with Crippen LogP contribution in [-0.4, -0.2) is 38.4 Å². The molecule has 0 unspecified atom stereocenters. The van der Waals surface area contributed by atoms with Crippen molar-refractivity contribution in [3.05, 3.63) is 33.7 Å². The number of carbonyl (C=O) groups is 2. The number of esters is 2. The topological polar surface area (TPSA) is 101 Å². The van der Waals surface area contributed by atoms with E-state index in [-0.39, 0.29) is 24.6 Å². The van der Waals surface area contributed by atoms with E-state index in [2.05, 4.69) is 0 Å². The van der Waals surface area contributed by atoms with Gasteiger partial charge in [0.05, 0.1) is 18.6 Å². The molecule has 3 rings (SSSR count). The lowest BCUT2D eigenvalue weighted by atomic mass is 9.90. The molecule has 0 aliphatic heterocycles. The number of ether oxygens (including phenoxy) is 4. The summed E-state index contributed by atoms with van der Waals surface area (Å²) in [5.74, 6) is -0.328. The molecule has 0 saturated heterocycles. The summed E-state index contributed by atoms with van der Waals surface area (Å²) in [6.45, 7) is 4.13. The van der Waals surface area contributed by atoms with Gasteiger partial charge >= 0.3 is 17.6 Å². The Bertz CT molecular complexity index is 1020. The molecule has 0 bridgehead atoms. The highest BCUT2D eigenvalue weighted by molar-refractivity contribution is 5.89. The van der Waals surface area contributed by atoms with Gasteiger partial charge in [-0.2, -0.15) is 0 Å². The standard InChI is InChI=1S/C25H32O8/c1-3-5-11-29-22(26)15-31-17-13-20(32-16-23(27)30-12-6-4-2)24-18-9-7-8-10-19(18)25(28)33-21(24)14-17/h13-14H,3-12,15-16H2,1-2H3. The van der Waals surface area contributed by atoms with Crippen LogP contribution in [0.15, 0.2) is 21.3 Å². The van der Waals surface area contributed by atoms with Crippen LogP contribution in [0.4, 0.5) is 0 Å². The molecule has 180 valence electrons. The van der Waals surface area contributed by atoms with Crippen molar-refractivity contribution >= 4 is 22.9 Å². The molecule has 0 amide bonds. The normalized spacial score (nSPS) is 12.8. The molecular formula is C25H32O8. The van der Waals surface area contributed by atoms with E-state index in [1.807, 2.05) is 13.8 Å². The van der Waals surface area contributed by atoms with Crippen molar-refractivity contribution in [2.24, 2.45) is 0 Å². The Morgan fingerprint density at radius 1 is 0.879 bits per heavy atom. The van der Waals surface area contributed by atoms with Gasteiger partial charge in [0.2, 0.25) is 0 Å². The fraction of sp³-hybridized carbons (Fsp3) is 0.560. The first-order chi connectivity index (χ1) is 16.0. The first kappa shape index (κ1) is 24.6. The van der Waals surface area contributed by atoms with Crippen LogP contribution in [0.2, 0.25) is 0 Å². The maximum atomic E-state index is 12.5. The number of carbonyl (C=O) groups excluding carboxylic acids is 2. The van der Waals surface area contributed by atoms with Gasteiger partial charge in [0.1, 0.15) is 17.1 Å². The summed E-state index contributed by atoms with van der Waals surface area (Å²) in [5.41, 5.74) is 1.45. The van der Waals surface area contributed by atoms with Crippen molar-refractivity contribution in [3.8, 4) is 11.5 Å². The Hall–Kier alpha value is -3.03. The van der Waals surface area contributed by atoms with Crippen LogP contribution in [0.1, 0.15) is 63.5 Å². The highest BCUT2D eigenvalue weighted by atomic mass is 16.6. The van der Waals surface area contributed by atoms with Crippen LogP contribution in [0.25, 0.3) is 11.0 Å². The third-order valence-corrected chi connectivity index (χ3v) is 5.48. The van der Waals surface area contributed by atoms with Crippen molar-refractivity contribution < 1.29 is 33.0 Å². The zero-order valence-corrected chi connectivity index (χ0v) is 19.4. The van der Waals surface area contributed by atoms with Crippen LogP contribution < -0.4 is 15.1 Å². The van der Waals surface area contributed by atoms with Crippen molar-refractivity contribution in [3.63, 3.8) is 0 Å². The largest absolute Gasteiger partial charge is 0.482 e. The first-order valence-electron chi connectivity index (χ1n) is 11.7. The molecule has 1 aliphatic rings. The zero-order valence-electron chi connectivity index (χ0n) is 19.4. The fourth-order valence-corrected chi connectivity index (χ4v) is 3.73. The summed E-state index contributed by atoms with van der Waals surface area (Å²) in [5, 5.41) is 0.656. The lowest BCUT2D eigenvalue weighted by Crippen LogP contribution is -2.18. The van der Waals surface area contributed by atoms with Crippen LogP contribution in [0, 0.1) is 0 Å². The highest BCUT2D eigenvalue weighted by Gasteiger charge is 2.22. The zero-order chi connectivity index (χ0) is 23.6. The van der Waals surface area contributed by atoms with E-state index in [1.54, 1.807) is 12.1 Å². The van der Waals surface area contributed by atoms with Gasteiger partial charge in [-0.15, -0.1) is 0 Å². The van der Waals surface area contributed by atoms with Gasteiger partial charge in [0, 0.05) is 17.7 Å². The lowest BCUT2D eigenvalue weighted by molar-refractivity contribution is -0.146. The predicted molar refractivity (Wildman–Crippen MR) is 122 cm³/mol. The first-order valence-corrected chi connectivity index (χ1v) is 11.7. The minimum atomic E-state index is -0.489. The fourth-order valence-electron chi connectivity index (χ4n) is 3.73. The quantitative estimate of drug-likeness (QED) is 0.265. The SMILES string of the molecule is CCCCOC(=O)COc1cc(OCC(=O)OCCCC)c2c3c(c(=O)oc2c1)CCCC3. The molecule has 0 radical (unpaired) electrons. The monoisotopic (exact) mass is 460 g/mol. The number of fused-ring (bicyclic) bond motifs is 3. The summed E-state index contributed by atoms with van der Waals surface area (Å²) >= 11 is 0. The average Bonchev–Trinajstić information content (AvgIpc) is 2.81. The summed E-state index contributed by atoms with van der Waals surface area (Å²) in [6.07, 6.45) is 6.65. The van der Waals surface area contributed by atoms with Crippen molar-refractivity contribution in [1.82, 2.24) is 0 Å². The van der Waals surface area contributed by atoms with Gasteiger partial charge in [0.25, 0.3) is 0 Å². The van der Waals surface area contributed by atoms with Gasteiger partial charge in [-0.25, -0.2) is 14.4 Å². The Morgan fingerprint density at radius 2 is 1.48 bits per heavy atom. The molecule has 0 spiro atoms. The molecule has 33 heavy (non-hydrogen) atoms. The second-order valence-electron chi connectivity index (χ2n) is 8.07. The summed E-state index contributed by atoms with van der Waals surface area (Å²) in [6, 6.07) is 3.17. The number of benzene rings is 1. The minimum Gasteiger partial charge on any atom is -0.482 e. The molecule has 8 heteroatoms. The molecule has 8 nitrogen and oxygen atoms in total. The number of hydrogen-bond acceptors (Lipinski definition) is 8. The molecule has 0 saturated carbocycles. The minimum absolute atomic E-state index is 0.281. The van der Waals surface area contributed by atoms with Crippen LogP contribution >= 0.6 is 0 Å². The van der Waals surface area contributed by atoms with Gasteiger partial charge in [-0.1, -0.05) is 26.7 Å². The Balaban J connectivity index is 1.85. The number of rotatable bonds is 12. The molecule has 0 atom stereocenters. The van der Waals surface area contributed by atoms with Gasteiger partial charge in [0.15, 0.2) is 13.2 Å². The average molecular weight is 461 g/mol. The van der Waals surface area contributed by atoms with Crippen molar-refractivity contribution in [2.45, 2.75) is 65.2 Å². The van der Waals surface area contributed by atoms with Gasteiger partial charge < -0.3 is 23.4 Å².